The van der Waals surface area contributed by atoms with Crippen LogP contribution in [-0.4, -0.2) is 16.6 Å². The predicted molar refractivity (Wildman–Crippen MR) is 76.0 cm³/mol. The van der Waals surface area contributed by atoms with Gasteiger partial charge in [-0.05, 0) is 38.8 Å². The zero-order valence-electron chi connectivity index (χ0n) is 12.3. The summed E-state index contributed by atoms with van der Waals surface area (Å²) in [7, 11) is 0. The van der Waals surface area contributed by atoms with Crippen molar-refractivity contribution in [3.8, 4) is 0 Å². The van der Waals surface area contributed by atoms with E-state index in [1.165, 1.54) is 6.92 Å². The standard InChI is InChI=1S/C16H18N2O2/c1-10-5-7-18(8-6-10)9-14(20)16-11(2)15(13(4)19)12(3)17-16/h5-8H,9H2,1-4H3/p+1. The maximum Gasteiger partial charge on any atom is 0.243 e. The zero-order chi connectivity index (χ0) is 14.9. The second kappa shape index (κ2) is 5.41. The molecule has 0 aliphatic carbocycles. The second-order valence-corrected chi connectivity index (χ2v) is 5.15. The quantitative estimate of drug-likeness (QED) is 0.685. The van der Waals surface area contributed by atoms with Crippen molar-refractivity contribution in [2.45, 2.75) is 34.2 Å². The molecular formula is C16H19N2O2+. The summed E-state index contributed by atoms with van der Waals surface area (Å²) in [5.74, 6) is -0.0368. The number of nitrogens with one attached hydrogen (secondary N) is 1. The molecule has 2 aromatic rings. The molecule has 0 spiro atoms. The average molecular weight is 271 g/mol. The number of pyridine rings is 1. The number of aryl methyl sites for hydroxylation is 2. The van der Waals surface area contributed by atoms with Gasteiger partial charge >= 0.3 is 0 Å². The summed E-state index contributed by atoms with van der Waals surface area (Å²) in [6, 6.07) is 3.92. The summed E-state index contributed by atoms with van der Waals surface area (Å²) in [4.78, 5) is 27.0. The van der Waals surface area contributed by atoms with E-state index < -0.39 is 0 Å². The summed E-state index contributed by atoms with van der Waals surface area (Å²) in [5.41, 5.74) is 3.81. The van der Waals surface area contributed by atoms with Gasteiger partial charge < -0.3 is 4.98 Å². The van der Waals surface area contributed by atoms with Crippen LogP contribution < -0.4 is 4.57 Å². The molecule has 104 valence electrons. The number of H-pyrrole nitrogens is 1. The van der Waals surface area contributed by atoms with Gasteiger partial charge in [0.25, 0.3) is 0 Å². The van der Waals surface area contributed by atoms with E-state index in [4.69, 9.17) is 0 Å². The Balaban J connectivity index is 2.28. The first-order chi connectivity index (χ1) is 9.40. The minimum Gasteiger partial charge on any atom is -0.355 e. The normalized spacial score (nSPS) is 10.6. The lowest BCUT2D eigenvalue weighted by atomic mass is 10.1. The number of carbonyl (C=O) groups is 2. The Morgan fingerprint density at radius 1 is 1.15 bits per heavy atom. The van der Waals surface area contributed by atoms with Gasteiger partial charge in [-0.3, -0.25) is 9.59 Å². The Hall–Kier alpha value is -2.23. The Bertz CT molecular complexity index is 667. The van der Waals surface area contributed by atoms with Crippen molar-refractivity contribution in [1.29, 1.82) is 0 Å². The lowest BCUT2D eigenvalue weighted by Gasteiger charge is -1.99. The summed E-state index contributed by atoms with van der Waals surface area (Å²) in [6.07, 6.45) is 3.76. The van der Waals surface area contributed by atoms with Crippen LogP contribution in [0.5, 0.6) is 0 Å². The molecule has 0 bridgehead atoms. The Morgan fingerprint density at radius 2 is 1.75 bits per heavy atom. The van der Waals surface area contributed by atoms with Gasteiger partial charge in [-0.2, -0.15) is 4.57 Å². The van der Waals surface area contributed by atoms with E-state index in [1.54, 1.807) is 0 Å². The molecule has 4 heteroatoms. The van der Waals surface area contributed by atoms with Gasteiger partial charge in [-0.1, -0.05) is 0 Å². The number of rotatable bonds is 4. The van der Waals surface area contributed by atoms with Crippen LogP contribution in [0.4, 0.5) is 0 Å². The lowest BCUT2D eigenvalue weighted by Crippen LogP contribution is -2.37. The summed E-state index contributed by atoms with van der Waals surface area (Å²) >= 11 is 0. The van der Waals surface area contributed by atoms with E-state index in [0.29, 0.717) is 11.3 Å². The number of hydrogen-bond acceptors (Lipinski definition) is 2. The highest BCUT2D eigenvalue weighted by molar-refractivity contribution is 6.02. The van der Waals surface area contributed by atoms with E-state index in [9.17, 15) is 9.59 Å². The number of nitrogens with zero attached hydrogens (tertiary/aromatic N) is 1. The van der Waals surface area contributed by atoms with Gasteiger partial charge in [-0.15, -0.1) is 0 Å². The summed E-state index contributed by atoms with van der Waals surface area (Å²) < 4.78 is 1.83. The molecule has 0 aromatic carbocycles. The highest BCUT2D eigenvalue weighted by Gasteiger charge is 2.21. The molecule has 20 heavy (non-hydrogen) atoms. The first-order valence-corrected chi connectivity index (χ1v) is 6.59. The van der Waals surface area contributed by atoms with Crippen LogP contribution in [0.1, 0.15) is 44.6 Å². The fraction of sp³-hybridized carbons (Fsp3) is 0.312. The van der Waals surface area contributed by atoms with Crippen molar-refractivity contribution in [1.82, 2.24) is 4.98 Å². The van der Waals surface area contributed by atoms with Crippen LogP contribution in [0.2, 0.25) is 0 Å². The monoisotopic (exact) mass is 271 g/mol. The molecule has 0 aliphatic rings. The minimum absolute atomic E-state index is 0.0155. The van der Waals surface area contributed by atoms with Crippen LogP contribution in [0.15, 0.2) is 24.5 Å². The molecule has 4 nitrogen and oxygen atoms in total. The minimum atomic E-state index is -0.0213. The molecule has 0 saturated carbocycles. The Kier molecular flexibility index (Phi) is 3.84. The van der Waals surface area contributed by atoms with E-state index in [1.807, 2.05) is 49.9 Å². The second-order valence-electron chi connectivity index (χ2n) is 5.15. The van der Waals surface area contributed by atoms with Crippen molar-refractivity contribution >= 4 is 11.6 Å². The number of aromatic nitrogens is 2. The molecular weight excluding hydrogens is 252 g/mol. The summed E-state index contributed by atoms with van der Waals surface area (Å²) in [5, 5.41) is 0. The molecule has 2 aromatic heterocycles. The van der Waals surface area contributed by atoms with Crippen molar-refractivity contribution in [3.63, 3.8) is 0 Å². The SMILES string of the molecule is CC(=O)c1c(C)[nH]c(C(=O)C[n+]2ccc(C)cc2)c1C. The predicted octanol–water partition coefficient (Wildman–Crippen LogP) is 2.31. The lowest BCUT2D eigenvalue weighted by molar-refractivity contribution is -0.683. The number of aromatic amines is 1. The van der Waals surface area contributed by atoms with Crippen molar-refractivity contribution < 1.29 is 14.2 Å². The topological polar surface area (TPSA) is 53.8 Å². The third-order valence-corrected chi connectivity index (χ3v) is 3.45. The molecule has 0 radical (unpaired) electrons. The van der Waals surface area contributed by atoms with Gasteiger partial charge in [0.1, 0.15) is 0 Å². The van der Waals surface area contributed by atoms with E-state index in [0.717, 1.165) is 16.8 Å². The Morgan fingerprint density at radius 3 is 2.25 bits per heavy atom. The molecule has 0 saturated heterocycles. The molecule has 0 amide bonds. The van der Waals surface area contributed by atoms with Gasteiger partial charge in [0.05, 0.1) is 5.69 Å². The molecule has 2 rings (SSSR count). The summed E-state index contributed by atoms with van der Waals surface area (Å²) in [6.45, 7) is 7.42. The molecule has 0 unspecified atom stereocenters. The van der Waals surface area contributed by atoms with Crippen molar-refractivity contribution in [3.05, 3.63) is 52.6 Å². The fourth-order valence-corrected chi connectivity index (χ4v) is 2.44. The van der Waals surface area contributed by atoms with Crippen LogP contribution in [0, 0.1) is 20.8 Å². The third-order valence-electron chi connectivity index (χ3n) is 3.45. The van der Waals surface area contributed by atoms with E-state index in [2.05, 4.69) is 4.98 Å². The number of carbonyl (C=O) groups excluding carboxylic acids is 2. The first-order valence-electron chi connectivity index (χ1n) is 6.59. The smallest absolute Gasteiger partial charge is 0.243 e. The Labute approximate surface area is 118 Å². The molecule has 2 heterocycles. The highest BCUT2D eigenvalue weighted by Crippen LogP contribution is 2.18. The molecule has 0 fully saturated rings. The first kappa shape index (κ1) is 14.2. The van der Waals surface area contributed by atoms with Crippen molar-refractivity contribution in [2.75, 3.05) is 0 Å². The molecule has 0 aliphatic heterocycles. The average Bonchev–Trinajstić information content (AvgIpc) is 2.67. The third kappa shape index (κ3) is 2.69. The molecule has 1 N–H and O–H groups in total. The number of hydrogen-bond donors (Lipinski definition) is 1. The number of ketones is 2. The van der Waals surface area contributed by atoms with Crippen molar-refractivity contribution in [2.24, 2.45) is 0 Å². The largest absolute Gasteiger partial charge is 0.355 e. The van der Waals surface area contributed by atoms with E-state index in [-0.39, 0.29) is 18.1 Å². The van der Waals surface area contributed by atoms with Gasteiger partial charge in [-0.25, -0.2) is 0 Å². The maximum absolute atomic E-state index is 12.3. The zero-order valence-corrected chi connectivity index (χ0v) is 12.3. The van der Waals surface area contributed by atoms with Crippen LogP contribution in [-0.2, 0) is 6.54 Å². The van der Waals surface area contributed by atoms with Gasteiger partial charge in [0, 0.05) is 23.4 Å². The highest BCUT2D eigenvalue weighted by atomic mass is 16.1. The van der Waals surface area contributed by atoms with Gasteiger partial charge in [0.2, 0.25) is 12.3 Å². The number of Topliss-reactive ketones (excluding diaryl/α,β-unsaturated/α-hetero) is 2. The maximum atomic E-state index is 12.3. The van der Waals surface area contributed by atoms with Crippen LogP contribution >= 0.6 is 0 Å². The van der Waals surface area contributed by atoms with Crippen LogP contribution in [0.3, 0.4) is 0 Å². The fourth-order valence-electron chi connectivity index (χ4n) is 2.44. The van der Waals surface area contributed by atoms with Gasteiger partial charge in [0.15, 0.2) is 18.2 Å². The van der Waals surface area contributed by atoms with Crippen LogP contribution in [0.25, 0.3) is 0 Å². The molecule has 0 atom stereocenters. The van der Waals surface area contributed by atoms with E-state index >= 15 is 0 Å².